The maximum atomic E-state index is 11.3. The van der Waals surface area contributed by atoms with Crippen molar-refractivity contribution < 1.29 is 9.90 Å². The quantitative estimate of drug-likeness (QED) is 0.625. The van der Waals surface area contributed by atoms with Crippen molar-refractivity contribution in [3.05, 3.63) is 11.1 Å². The highest BCUT2D eigenvalue weighted by atomic mass is 35.5. The van der Waals surface area contributed by atoms with Crippen molar-refractivity contribution in [2.75, 3.05) is 11.9 Å². The highest BCUT2D eigenvalue weighted by Crippen LogP contribution is 2.21. The van der Waals surface area contributed by atoms with Crippen LogP contribution in [0.1, 0.15) is 44.9 Å². The topological polar surface area (TPSA) is 114 Å². The molecule has 0 aliphatic heterocycles. The van der Waals surface area contributed by atoms with Gasteiger partial charge < -0.3 is 16.2 Å². The molecule has 7 nitrogen and oxygen atoms in total. The van der Waals surface area contributed by atoms with E-state index in [9.17, 15) is 9.90 Å². The van der Waals surface area contributed by atoms with E-state index in [2.05, 4.69) is 20.3 Å². The van der Waals surface area contributed by atoms with E-state index in [1.807, 2.05) is 13.8 Å². The minimum Gasteiger partial charge on any atom is -0.481 e. The van der Waals surface area contributed by atoms with Crippen LogP contribution in [0.4, 0.5) is 5.95 Å². The van der Waals surface area contributed by atoms with Gasteiger partial charge >= 0.3 is 5.97 Å². The van der Waals surface area contributed by atoms with Crippen LogP contribution in [0.5, 0.6) is 0 Å². The number of carboxylic acids is 1. The summed E-state index contributed by atoms with van der Waals surface area (Å²) in [6.45, 7) is 4.38. The van der Waals surface area contributed by atoms with Gasteiger partial charge in [0.05, 0.1) is 0 Å². The van der Waals surface area contributed by atoms with Crippen molar-refractivity contribution in [3.8, 4) is 0 Å². The Balaban J connectivity index is 2.94. The first kappa shape index (κ1) is 16.6. The lowest BCUT2D eigenvalue weighted by molar-refractivity contribution is -0.139. The zero-order valence-corrected chi connectivity index (χ0v) is 12.4. The summed E-state index contributed by atoms with van der Waals surface area (Å²) in [6.07, 6.45) is 1.89. The second-order valence-corrected chi connectivity index (χ2v) is 5.10. The minimum absolute atomic E-state index is 0.0109. The number of aromatic nitrogens is 3. The Morgan fingerprint density at radius 1 is 1.35 bits per heavy atom. The van der Waals surface area contributed by atoms with E-state index >= 15 is 0 Å². The van der Waals surface area contributed by atoms with Crippen LogP contribution in [-0.2, 0) is 4.79 Å². The predicted octanol–water partition coefficient (Wildman–Crippen LogP) is 1.64. The number of aliphatic carboxylic acids is 1. The first-order valence-corrected chi connectivity index (χ1v) is 6.92. The maximum absolute atomic E-state index is 11.3. The van der Waals surface area contributed by atoms with E-state index in [0.717, 1.165) is 6.42 Å². The highest BCUT2D eigenvalue weighted by Gasteiger charge is 2.24. The molecule has 112 valence electrons. The van der Waals surface area contributed by atoms with Crippen LogP contribution in [0.15, 0.2) is 0 Å². The number of anilines is 1. The largest absolute Gasteiger partial charge is 0.481 e. The summed E-state index contributed by atoms with van der Waals surface area (Å²) in [5, 5.41) is 12.3. The molecule has 4 N–H and O–H groups in total. The fraction of sp³-hybridized carbons (Fsp3) is 0.667. The van der Waals surface area contributed by atoms with Gasteiger partial charge in [-0.2, -0.15) is 9.97 Å². The van der Waals surface area contributed by atoms with E-state index in [-0.39, 0.29) is 17.1 Å². The molecule has 1 atom stereocenters. The first-order chi connectivity index (χ1) is 9.43. The van der Waals surface area contributed by atoms with Gasteiger partial charge in [0.15, 0.2) is 0 Å². The second-order valence-electron chi connectivity index (χ2n) is 4.76. The first-order valence-electron chi connectivity index (χ1n) is 6.55. The third kappa shape index (κ3) is 5.26. The molecule has 0 aromatic carbocycles. The van der Waals surface area contributed by atoms with Crippen molar-refractivity contribution in [2.24, 2.45) is 5.73 Å². The number of hydrogen-bond acceptors (Lipinski definition) is 6. The van der Waals surface area contributed by atoms with E-state index in [1.165, 1.54) is 0 Å². The molecule has 0 spiro atoms. The number of hydrogen-bond donors (Lipinski definition) is 3. The van der Waals surface area contributed by atoms with Crippen LogP contribution < -0.4 is 11.1 Å². The van der Waals surface area contributed by atoms with Crippen molar-refractivity contribution in [1.82, 2.24) is 15.0 Å². The number of carboxylic acid groups (broad SMARTS) is 1. The van der Waals surface area contributed by atoms with Gasteiger partial charge in [-0.15, -0.1) is 0 Å². The number of halogens is 1. The summed E-state index contributed by atoms with van der Waals surface area (Å²) in [5.41, 5.74) is 5.41. The number of nitrogens with two attached hydrogens (primary N) is 1. The van der Waals surface area contributed by atoms with Crippen LogP contribution in [0.3, 0.4) is 0 Å². The smallest absolute Gasteiger partial charge is 0.314 e. The molecule has 1 aromatic heterocycles. The summed E-state index contributed by atoms with van der Waals surface area (Å²) < 4.78 is 0. The summed E-state index contributed by atoms with van der Waals surface area (Å²) in [7, 11) is 0. The van der Waals surface area contributed by atoms with Crippen LogP contribution in [0, 0.1) is 0 Å². The molecule has 0 radical (unpaired) electrons. The van der Waals surface area contributed by atoms with Crippen molar-refractivity contribution in [1.29, 1.82) is 0 Å². The van der Waals surface area contributed by atoms with Gasteiger partial charge in [-0.3, -0.25) is 4.79 Å². The Hall–Kier alpha value is -1.47. The van der Waals surface area contributed by atoms with E-state index in [1.54, 1.807) is 0 Å². The third-order valence-corrected chi connectivity index (χ3v) is 2.77. The third-order valence-electron chi connectivity index (χ3n) is 2.60. The van der Waals surface area contributed by atoms with Crippen molar-refractivity contribution in [3.63, 3.8) is 0 Å². The van der Waals surface area contributed by atoms with Gasteiger partial charge in [0.1, 0.15) is 11.7 Å². The molecule has 8 heteroatoms. The Kier molecular flexibility index (Phi) is 6.60. The molecule has 20 heavy (non-hydrogen) atoms. The van der Waals surface area contributed by atoms with Gasteiger partial charge in [0, 0.05) is 6.04 Å². The fourth-order valence-electron chi connectivity index (χ4n) is 1.70. The highest BCUT2D eigenvalue weighted by molar-refractivity contribution is 6.28. The normalized spacial score (nSPS) is 12.4. The molecule has 1 aromatic rings. The molecular weight excluding hydrogens is 282 g/mol. The average molecular weight is 302 g/mol. The summed E-state index contributed by atoms with van der Waals surface area (Å²) >= 11 is 5.83. The number of rotatable bonds is 8. The van der Waals surface area contributed by atoms with Crippen LogP contribution in [-0.4, -0.2) is 38.6 Å². The number of unbranched alkanes of at least 4 members (excludes halogenated alkanes) is 1. The Morgan fingerprint density at radius 3 is 2.60 bits per heavy atom. The molecule has 0 saturated heterocycles. The lowest BCUT2D eigenvalue weighted by Crippen LogP contribution is -2.19. The molecule has 1 rings (SSSR count). The summed E-state index contributed by atoms with van der Waals surface area (Å²) in [5.74, 6) is -1.30. The lowest BCUT2D eigenvalue weighted by atomic mass is 10.0. The molecule has 0 aliphatic rings. The molecule has 1 unspecified atom stereocenters. The minimum atomic E-state index is -0.972. The Bertz CT molecular complexity index is 455. The monoisotopic (exact) mass is 301 g/mol. The molecule has 0 saturated carbocycles. The van der Waals surface area contributed by atoms with Gasteiger partial charge in [0.2, 0.25) is 11.2 Å². The zero-order chi connectivity index (χ0) is 15.1. The standard InChI is InChI=1S/C12H20ClN5O2/c1-7(2)15-12-17-9(16-11(13)18-12)8(10(19)20)5-3-4-6-14/h7-8H,3-6,14H2,1-2H3,(H,19,20)(H,15,16,17,18). The van der Waals surface area contributed by atoms with E-state index < -0.39 is 11.9 Å². The van der Waals surface area contributed by atoms with Gasteiger partial charge in [0.25, 0.3) is 0 Å². The second kappa shape index (κ2) is 7.96. The van der Waals surface area contributed by atoms with Crippen molar-refractivity contribution in [2.45, 2.75) is 45.1 Å². The van der Waals surface area contributed by atoms with Crippen LogP contribution >= 0.6 is 11.6 Å². The molecular formula is C12H20ClN5O2. The Morgan fingerprint density at radius 2 is 2.05 bits per heavy atom. The molecule has 0 amide bonds. The van der Waals surface area contributed by atoms with E-state index in [0.29, 0.717) is 25.3 Å². The fourth-order valence-corrected chi connectivity index (χ4v) is 1.87. The van der Waals surface area contributed by atoms with E-state index in [4.69, 9.17) is 17.3 Å². The zero-order valence-electron chi connectivity index (χ0n) is 11.6. The predicted molar refractivity (Wildman–Crippen MR) is 76.9 cm³/mol. The number of nitrogens with one attached hydrogen (secondary N) is 1. The van der Waals surface area contributed by atoms with Gasteiger partial charge in [-0.25, -0.2) is 4.98 Å². The molecule has 0 bridgehead atoms. The SMILES string of the molecule is CC(C)Nc1nc(Cl)nc(C(CCCCN)C(=O)O)n1. The average Bonchev–Trinajstić information content (AvgIpc) is 2.32. The van der Waals surface area contributed by atoms with Gasteiger partial charge in [-0.1, -0.05) is 6.42 Å². The summed E-state index contributed by atoms with van der Waals surface area (Å²) in [4.78, 5) is 23.4. The molecule has 1 heterocycles. The Labute approximate surface area is 123 Å². The van der Waals surface area contributed by atoms with Gasteiger partial charge in [-0.05, 0) is 44.8 Å². The maximum Gasteiger partial charge on any atom is 0.314 e. The summed E-state index contributed by atoms with van der Waals surface area (Å²) in [6, 6.07) is 0.113. The lowest BCUT2D eigenvalue weighted by Gasteiger charge is -2.13. The number of carbonyl (C=O) groups is 1. The number of nitrogens with zero attached hydrogens (tertiary/aromatic N) is 3. The van der Waals surface area contributed by atoms with Crippen LogP contribution in [0.25, 0.3) is 0 Å². The molecule has 0 aliphatic carbocycles. The van der Waals surface area contributed by atoms with Crippen LogP contribution in [0.2, 0.25) is 5.28 Å². The van der Waals surface area contributed by atoms with Crippen molar-refractivity contribution >= 4 is 23.5 Å². The molecule has 0 fully saturated rings.